The van der Waals surface area contributed by atoms with Crippen LogP contribution in [0.15, 0.2) is 36.5 Å². The van der Waals surface area contributed by atoms with Gasteiger partial charge in [-0.15, -0.1) is 0 Å². The fourth-order valence-corrected chi connectivity index (χ4v) is 4.98. The summed E-state index contributed by atoms with van der Waals surface area (Å²) in [5.74, 6) is -3.03. The van der Waals surface area contributed by atoms with Gasteiger partial charge >= 0.3 is 0 Å². The highest BCUT2D eigenvalue weighted by atomic mass is 19.2. The first-order valence-electron chi connectivity index (χ1n) is 10.6. The van der Waals surface area contributed by atoms with Crippen molar-refractivity contribution in [3.05, 3.63) is 71.2 Å². The van der Waals surface area contributed by atoms with Crippen LogP contribution >= 0.6 is 0 Å². The van der Waals surface area contributed by atoms with Crippen LogP contribution in [-0.4, -0.2) is 22.1 Å². The van der Waals surface area contributed by atoms with Gasteiger partial charge in [0.25, 0.3) is 0 Å². The van der Waals surface area contributed by atoms with Crippen LogP contribution in [0.2, 0.25) is 0 Å². The number of benzene rings is 2. The minimum atomic E-state index is -1.26. The smallest absolute Gasteiger partial charge is 0.184 e. The number of aromatic nitrogens is 3. The van der Waals surface area contributed by atoms with Crippen LogP contribution in [0.4, 0.5) is 17.6 Å². The summed E-state index contributed by atoms with van der Waals surface area (Å²) in [6.07, 6.45) is 4.51. The number of methoxy groups -OCH3 is 1. The molecule has 1 saturated carbocycles. The molecular weight excluding hydrogens is 422 g/mol. The van der Waals surface area contributed by atoms with Crippen molar-refractivity contribution < 1.29 is 22.3 Å². The van der Waals surface area contributed by atoms with E-state index in [1.807, 2.05) is 6.07 Å². The van der Waals surface area contributed by atoms with E-state index in [0.717, 1.165) is 42.1 Å². The molecule has 1 aliphatic carbocycles. The van der Waals surface area contributed by atoms with Gasteiger partial charge in [-0.3, -0.25) is 4.98 Å². The van der Waals surface area contributed by atoms with E-state index < -0.39 is 23.6 Å². The number of ether oxygens (including phenoxy) is 1. The summed E-state index contributed by atoms with van der Waals surface area (Å²) in [4.78, 5) is 11.2. The molecule has 0 radical (unpaired) electrons. The number of hydrogen-bond acceptors (Lipinski definition) is 3. The van der Waals surface area contributed by atoms with E-state index in [1.54, 1.807) is 12.3 Å². The molecule has 1 aliphatic rings. The van der Waals surface area contributed by atoms with E-state index in [1.165, 1.54) is 19.2 Å². The fourth-order valence-electron chi connectivity index (χ4n) is 4.98. The summed E-state index contributed by atoms with van der Waals surface area (Å²) < 4.78 is 61.2. The van der Waals surface area contributed by atoms with Crippen molar-refractivity contribution in [1.29, 1.82) is 0 Å². The molecule has 8 heteroatoms. The van der Waals surface area contributed by atoms with Crippen molar-refractivity contribution in [3.8, 4) is 0 Å². The first kappa shape index (κ1) is 20.9. The van der Waals surface area contributed by atoms with Crippen molar-refractivity contribution in [2.24, 2.45) is 5.92 Å². The Morgan fingerprint density at radius 1 is 1.00 bits per heavy atom. The number of hydrogen-bond donors (Lipinski definition) is 1. The minimum absolute atomic E-state index is 0.0672. The second kappa shape index (κ2) is 8.16. The molecule has 32 heavy (non-hydrogen) atoms. The van der Waals surface area contributed by atoms with E-state index >= 15 is 0 Å². The van der Waals surface area contributed by atoms with Crippen LogP contribution in [0.3, 0.4) is 0 Å². The number of halogens is 4. The lowest BCUT2D eigenvalue weighted by Gasteiger charge is -2.33. The van der Waals surface area contributed by atoms with Gasteiger partial charge in [0.2, 0.25) is 0 Å². The summed E-state index contributed by atoms with van der Waals surface area (Å²) in [5.41, 5.74) is 1.31. The van der Waals surface area contributed by atoms with E-state index in [0.29, 0.717) is 6.07 Å². The standard InChI is InChI=1S/C24H21F4N3O/c1-32-23(24-30-21-18(27)11-17(26)20(28)22(21)31-24)13-4-2-12(3-5-13)15-8-9-29-19-7-6-14(25)10-16(15)19/h6-13,23H,2-5H2,1H3,(H,30,31)/t12-,13+,23-/m1/s1. The number of aromatic amines is 1. The number of H-pyrrole nitrogens is 1. The third kappa shape index (κ3) is 3.52. The van der Waals surface area contributed by atoms with Crippen LogP contribution in [-0.2, 0) is 4.74 Å². The second-order valence-electron chi connectivity index (χ2n) is 8.33. The Labute approximate surface area is 181 Å². The highest BCUT2D eigenvalue weighted by Gasteiger charge is 2.32. The molecule has 0 amide bonds. The topological polar surface area (TPSA) is 50.8 Å². The fraction of sp³-hybridized carbons (Fsp3) is 0.333. The lowest BCUT2D eigenvalue weighted by Crippen LogP contribution is -2.22. The SMILES string of the molecule is CO[C@@H](c1nc2c(F)cc(F)c(F)c2[nH]1)[C@H]1CC[C@@H](c2ccnc3ccc(F)cc32)CC1. The van der Waals surface area contributed by atoms with Crippen molar-refractivity contribution in [1.82, 2.24) is 15.0 Å². The molecule has 4 aromatic rings. The van der Waals surface area contributed by atoms with Crippen molar-refractivity contribution in [2.75, 3.05) is 7.11 Å². The first-order valence-corrected chi connectivity index (χ1v) is 10.6. The monoisotopic (exact) mass is 443 g/mol. The molecule has 4 nitrogen and oxygen atoms in total. The highest BCUT2D eigenvalue weighted by molar-refractivity contribution is 5.82. The summed E-state index contributed by atoms with van der Waals surface area (Å²) in [6, 6.07) is 7.06. The maximum atomic E-state index is 14.1. The van der Waals surface area contributed by atoms with Gasteiger partial charge in [0.15, 0.2) is 17.5 Å². The van der Waals surface area contributed by atoms with Gasteiger partial charge in [-0.05, 0) is 67.3 Å². The average molecular weight is 443 g/mol. The van der Waals surface area contributed by atoms with Gasteiger partial charge in [0.05, 0.1) is 5.52 Å². The van der Waals surface area contributed by atoms with E-state index in [9.17, 15) is 17.6 Å². The van der Waals surface area contributed by atoms with E-state index in [-0.39, 0.29) is 34.5 Å². The zero-order valence-electron chi connectivity index (χ0n) is 17.3. The Hall–Kier alpha value is -3.00. The molecule has 2 heterocycles. The summed E-state index contributed by atoms with van der Waals surface area (Å²) >= 11 is 0. The van der Waals surface area contributed by atoms with Crippen molar-refractivity contribution >= 4 is 21.9 Å². The number of imidazole rings is 1. The highest BCUT2D eigenvalue weighted by Crippen LogP contribution is 2.43. The van der Waals surface area contributed by atoms with Gasteiger partial charge < -0.3 is 9.72 Å². The van der Waals surface area contributed by atoms with Crippen LogP contribution in [0.25, 0.3) is 21.9 Å². The predicted octanol–water partition coefficient (Wildman–Crippen LogP) is 6.33. The van der Waals surface area contributed by atoms with Gasteiger partial charge in [0.1, 0.15) is 28.8 Å². The van der Waals surface area contributed by atoms with Crippen LogP contribution in [0.1, 0.15) is 49.1 Å². The third-order valence-electron chi connectivity index (χ3n) is 6.53. The maximum absolute atomic E-state index is 14.1. The Balaban J connectivity index is 1.39. The number of nitrogens with one attached hydrogen (secondary N) is 1. The zero-order chi connectivity index (χ0) is 22.4. The quantitative estimate of drug-likeness (QED) is 0.296. The molecule has 0 aliphatic heterocycles. The lowest BCUT2D eigenvalue weighted by atomic mass is 9.76. The largest absolute Gasteiger partial charge is 0.373 e. The normalized spacial score (nSPS) is 20.2. The molecule has 0 bridgehead atoms. The minimum Gasteiger partial charge on any atom is -0.373 e. The number of rotatable bonds is 4. The predicted molar refractivity (Wildman–Crippen MR) is 112 cm³/mol. The van der Waals surface area contributed by atoms with Crippen molar-refractivity contribution in [2.45, 2.75) is 37.7 Å². The molecule has 1 fully saturated rings. The molecule has 166 valence electrons. The van der Waals surface area contributed by atoms with Crippen LogP contribution < -0.4 is 0 Å². The molecule has 1 N–H and O–H groups in total. The maximum Gasteiger partial charge on any atom is 0.184 e. The van der Waals surface area contributed by atoms with Crippen molar-refractivity contribution in [3.63, 3.8) is 0 Å². The Morgan fingerprint density at radius 2 is 1.78 bits per heavy atom. The van der Waals surface area contributed by atoms with Crippen LogP contribution in [0, 0.1) is 29.2 Å². The molecule has 0 unspecified atom stereocenters. The molecule has 2 aromatic heterocycles. The second-order valence-corrected chi connectivity index (χ2v) is 8.33. The van der Waals surface area contributed by atoms with Gasteiger partial charge in [-0.1, -0.05) is 0 Å². The number of nitrogens with zero attached hydrogens (tertiary/aromatic N) is 2. The zero-order valence-corrected chi connectivity index (χ0v) is 17.3. The van der Waals surface area contributed by atoms with Gasteiger partial charge in [-0.2, -0.15) is 0 Å². The Bertz CT molecular complexity index is 1300. The first-order chi connectivity index (χ1) is 15.5. The molecule has 0 saturated heterocycles. The summed E-state index contributed by atoms with van der Waals surface area (Å²) in [5, 5.41) is 0.824. The Kier molecular flexibility index (Phi) is 5.33. The van der Waals surface area contributed by atoms with Gasteiger partial charge in [-0.25, -0.2) is 22.5 Å². The molecule has 5 rings (SSSR count). The lowest BCUT2D eigenvalue weighted by molar-refractivity contribution is 0.0274. The average Bonchev–Trinajstić information content (AvgIpc) is 3.24. The summed E-state index contributed by atoms with van der Waals surface area (Å²) in [7, 11) is 1.52. The van der Waals surface area contributed by atoms with E-state index in [2.05, 4.69) is 15.0 Å². The molecule has 0 spiro atoms. The summed E-state index contributed by atoms with van der Waals surface area (Å²) in [6.45, 7) is 0. The van der Waals surface area contributed by atoms with Crippen LogP contribution in [0.5, 0.6) is 0 Å². The third-order valence-corrected chi connectivity index (χ3v) is 6.53. The van der Waals surface area contributed by atoms with E-state index in [4.69, 9.17) is 4.74 Å². The van der Waals surface area contributed by atoms with Gasteiger partial charge in [0, 0.05) is 24.8 Å². The Morgan fingerprint density at radius 3 is 2.53 bits per heavy atom. The molecule has 1 atom stereocenters. The molecular formula is C24H21F4N3O. The number of pyridine rings is 1. The molecule has 2 aromatic carbocycles. The number of fused-ring (bicyclic) bond motifs is 2.